The molecule has 0 saturated carbocycles. The summed E-state index contributed by atoms with van der Waals surface area (Å²) in [6.45, 7) is 1.57. The summed E-state index contributed by atoms with van der Waals surface area (Å²) >= 11 is 0. The van der Waals surface area contributed by atoms with E-state index in [9.17, 15) is 4.79 Å². The molecule has 1 aromatic carbocycles. The fourth-order valence-corrected chi connectivity index (χ4v) is 1.81. The van der Waals surface area contributed by atoms with Crippen molar-refractivity contribution in [2.24, 2.45) is 0 Å². The number of benzene rings is 1. The lowest BCUT2D eigenvalue weighted by atomic mass is 10.1. The molecule has 0 aliphatic carbocycles. The van der Waals surface area contributed by atoms with Crippen molar-refractivity contribution >= 4 is 11.6 Å². The third-order valence-electron chi connectivity index (χ3n) is 2.83. The van der Waals surface area contributed by atoms with Gasteiger partial charge in [0.1, 0.15) is 12.4 Å². The second kappa shape index (κ2) is 6.64. The lowest BCUT2D eigenvalue weighted by molar-refractivity contribution is 0.0995. The van der Waals surface area contributed by atoms with E-state index in [2.05, 4.69) is 17.2 Å². The molecule has 21 heavy (non-hydrogen) atoms. The number of aliphatic hydroxyl groups is 1. The fourth-order valence-electron chi connectivity index (χ4n) is 1.81. The Labute approximate surface area is 122 Å². The molecule has 1 heterocycles. The molecule has 2 aromatic rings. The molecule has 0 unspecified atom stereocenters. The van der Waals surface area contributed by atoms with E-state index in [1.54, 1.807) is 31.2 Å². The number of nitrogens with one attached hydrogen (secondary N) is 1. The highest BCUT2D eigenvalue weighted by Gasteiger charge is 2.15. The van der Waals surface area contributed by atoms with E-state index in [1.165, 1.54) is 13.4 Å². The predicted molar refractivity (Wildman–Crippen MR) is 78.4 cm³/mol. The molecule has 2 N–H and O–H groups in total. The number of anilines is 1. The van der Waals surface area contributed by atoms with Crippen LogP contribution in [0.15, 0.2) is 34.9 Å². The van der Waals surface area contributed by atoms with Crippen LogP contribution < -0.4 is 10.1 Å². The third-order valence-corrected chi connectivity index (χ3v) is 2.83. The van der Waals surface area contributed by atoms with Crippen LogP contribution in [0.2, 0.25) is 0 Å². The van der Waals surface area contributed by atoms with Crippen molar-refractivity contribution in [1.29, 1.82) is 0 Å². The van der Waals surface area contributed by atoms with Gasteiger partial charge in [-0.3, -0.25) is 4.79 Å². The summed E-state index contributed by atoms with van der Waals surface area (Å²) in [5.74, 6) is 5.74. The molecular weight excluding hydrogens is 270 g/mol. The predicted octanol–water partition coefficient (Wildman–Crippen LogP) is 2.19. The molecule has 0 radical (unpaired) electrons. The molecule has 0 spiro atoms. The van der Waals surface area contributed by atoms with Crippen LogP contribution in [0.1, 0.15) is 21.7 Å². The second-order valence-corrected chi connectivity index (χ2v) is 4.26. The number of amides is 1. The van der Waals surface area contributed by atoms with Crippen molar-refractivity contribution in [3.8, 4) is 17.6 Å². The van der Waals surface area contributed by atoms with Gasteiger partial charge in [-0.15, -0.1) is 0 Å². The van der Waals surface area contributed by atoms with Crippen molar-refractivity contribution in [3.05, 3.63) is 47.4 Å². The standard InChI is InChI=1S/C16H15NO4/c1-11-7-9-21-15(11)16(19)17-13-10-12(4-3-8-18)5-6-14(13)20-2/h5-7,9-10,18H,8H2,1-2H3,(H,17,19). The molecule has 0 aliphatic heterocycles. The number of carbonyl (C=O) groups is 1. The summed E-state index contributed by atoms with van der Waals surface area (Å²) < 4.78 is 10.4. The molecular formula is C16H15NO4. The molecule has 0 aliphatic rings. The summed E-state index contributed by atoms with van der Waals surface area (Å²) in [7, 11) is 1.52. The zero-order chi connectivity index (χ0) is 15.2. The van der Waals surface area contributed by atoms with Crippen LogP contribution in [0.5, 0.6) is 5.75 Å². The summed E-state index contributed by atoms with van der Waals surface area (Å²) in [4.78, 5) is 12.2. The van der Waals surface area contributed by atoms with Gasteiger partial charge in [0.2, 0.25) is 0 Å². The van der Waals surface area contributed by atoms with Crippen LogP contribution >= 0.6 is 0 Å². The van der Waals surface area contributed by atoms with Gasteiger partial charge in [-0.25, -0.2) is 0 Å². The van der Waals surface area contributed by atoms with Crippen molar-refractivity contribution < 1.29 is 19.1 Å². The van der Waals surface area contributed by atoms with Crippen LogP contribution in [0.25, 0.3) is 0 Å². The zero-order valence-corrected chi connectivity index (χ0v) is 11.8. The van der Waals surface area contributed by atoms with E-state index in [0.717, 1.165) is 5.56 Å². The smallest absolute Gasteiger partial charge is 0.291 e. The normalized spacial score (nSPS) is 9.67. The Morgan fingerprint density at radius 3 is 2.86 bits per heavy atom. The van der Waals surface area contributed by atoms with Gasteiger partial charge >= 0.3 is 0 Å². The molecule has 108 valence electrons. The molecule has 5 heteroatoms. The van der Waals surface area contributed by atoms with Crippen LogP contribution in [0.4, 0.5) is 5.69 Å². The van der Waals surface area contributed by atoms with Crippen LogP contribution in [-0.2, 0) is 0 Å². The van der Waals surface area contributed by atoms with Gasteiger partial charge in [0.25, 0.3) is 5.91 Å². The summed E-state index contributed by atoms with van der Waals surface area (Å²) in [5, 5.41) is 11.5. The van der Waals surface area contributed by atoms with Crippen LogP contribution in [0, 0.1) is 18.8 Å². The maximum Gasteiger partial charge on any atom is 0.291 e. The Morgan fingerprint density at radius 1 is 1.43 bits per heavy atom. The number of aryl methyl sites for hydroxylation is 1. The van der Waals surface area contributed by atoms with Gasteiger partial charge in [0.15, 0.2) is 5.76 Å². The topological polar surface area (TPSA) is 71.7 Å². The molecule has 0 bridgehead atoms. The van der Waals surface area contributed by atoms with Gasteiger partial charge in [-0.05, 0) is 31.2 Å². The molecule has 0 saturated heterocycles. The van der Waals surface area contributed by atoms with Gasteiger partial charge < -0.3 is 19.6 Å². The maximum atomic E-state index is 12.2. The Balaban J connectivity index is 2.29. The number of hydrogen-bond acceptors (Lipinski definition) is 4. The van der Waals surface area contributed by atoms with Crippen molar-refractivity contribution in [2.45, 2.75) is 6.92 Å². The van der Waals surface area contributed by atoms with Gasteiger partial charge in [0.05, 0.1) is 19.1 Å². The number of carbonyl (C=O) groups excluding carboxylic acids is 1. The number of aliphatic hydroxyl groups excluding tert-OH is 1. The largest absolute Gasteiger partial charge is 0.495 e. The third kappa shape index (κ3) is 3.44. The number of hydrogen-bond donors (Lipinski definition) is 2. The quantitative estimate of drug-likeness (QED) is 0.848. The Bertz CT molecular complexity index is 707. The fraction of sp³-hybridized carbons (Fsp3) is 0.188. The molecule has 2 rings (SSSR count). The average Bonchev–Trinajstić information content (AvgIpc) is 2.91. The first-order valence-corrected chi connectivity index (χ1v) is 6.29. The first kappa shape index (κ1) is 14.7. The highest BCUT2D eigenvalue weighted by molar-refractivity contribution is 6.04. The first-order chi connectivity index (χ1) is 10.2. The zero-order valence-electron chi connectivity index (χ0n) is 11.8. The maximum absolute atomic E-state index is 12.2. The highest BCUT2D eigenvalue weighted by Crippen LogP contribution is 2.26. The van der Waals surface area contributed by atoms with E-state index < -0.39 is 0 Å². The van der Waals surface area contributed by atoms with Gasteiger partial charge in [0, 0.05) is 11.1 Å². The molecule has 5 nitrogen and oxygen atoms in total. The number of rotatable bonds is 3. The second-order valence-electron chi connectivity index (χ2n) is 4.26. The van der Waals surface area contributed by atoms with Crippen LogP contribution in [0.3, 0.4) is 0 Å². The first-order valence-electron chi connectivity index (χ1n) is 6.29. The van der Waals surface area contributed by atoms with Crippen molar-refractivity contribution in [1.82, 2.24) is 0 Å². The summed E-state index contributed by atoms with van der Waals surface area (Å²) in [6.07, 6.45) is 1.46. The highest BCUT2D eigenvalue weighted by atomic mass is 16.5. The van der Waals surface area contributed by atoms with Crippen molar-refractivity contribution in [2.75, 3.05) is 19.0 Å². The number of furan rings is 1. The Morgan fingerprint density at radius 2 is 2.24 bits per heavy atom. The van der Waals surface area contributed by atoms with E-state index in [4.69, 9.17) is 14.3 Å². The molecule has 0 atom stereocenters. The van der Waals surface area contributed by atoms with E-state index in [0.29, 0.717) is 17.0 Å². The minimum absolute atomic E-state index is 0.223. The molecule has 0 fully saturated rings. The minimum Gasteiger partial charge on any atom is -0.495 e. The minimum atomic E-state index is -0.358. The van der Waals surface area contributed by atoms with Crippen molar-refractivity contribution in [3.63, 3.8) is 0 Å². The lowest BCUT2D eigenvalue weighted by Gasteiger charge is -2.10. The monoisotopic (exact) mass is 285 g/mol. The summed E-state index contributed by atoms with van der Waals surface area (Å²) in [6, 6.07) is 6.84. The van der Waals surface area contributed by atoms with E-state index >= 15 is 0 Å². The van der Waals surface area contributed by atoms with Gasteiger partial charge in [-0.1, -0.05) is 11.8 Å². The Hall–Kier alpha value is -2.71. The summed E-state index contributed by atoms with van der Waals surface area (Å²) in [5.41, 5.74) is 1.90. The lowest BCUT2D eigenvalue weighted by Crippen LogP contribution is -2.13. The van der Waals surface area contributed by atoms with Crippen LogP contribution in [-0.4, -0.2) is 24.7 Å². The molecule has 1 aromatic heterocycles. The van der Waals surface area contributed by atoms with Gasteiger partial charge in [-0.2, -0.15) is 0 Å². The Kier molecular flexibility index (Phi) is 4.64. The van der Waals surface area contributed by atoms with E-state index in [1.807, 2.05) is 0 Å². The number of methoxy groups -OCH3 is 1. The SMILES string of the molecule is COc1ccc(C#CCO)cc1NC(=O)c1occc1C. The number of ether oxygens (including phenoxy) is 1. The molecule has 1 amide bonds. The van der Waals surface area contributed by atoms with E-state index in [-0.39, 0.29) is 18.3 Å². The average molecular weight is 285 g/mol.